The normalized spacial score (nSPS) is 21.4. The second-order valence-corrected chi connectivity index (χ2v) is 8.36. The van der Waals surface area contributed by atoms with E-state index >= 15 is 0 Å². The van der Waals surface area contributed by atoms with Crippen LogP contribution in [0.3, 0.4) is 0 Å². The van der Waals surface area contributed by atoms with Crippen LogP contribution in [-0.2, 0) is 18.9 Å². The molecule has 0 amide bonds. The third kappa shape index (κ3) is 5.70. The Balaban J connectivity index is 1.51. The van der Waals surface area contributed by atoms with Gasteiger partial charge in [-0.25, -0.2) is 14.4 Å². The summed E-state index contributed by atoms with van der Waals surface area (Å²) >= 11 is 3.35. The van der Waals surface area contributed by atoms with Crippen LogP contribution >= 0.6 is 15.9 Å². The van der Waals surface area contributed by atoms with Crippen LogP contribution < -0.4 is 0 Å². The van der Waals surface area contributed by atoms with Crippen molar-refractivity contribution >= 4 is 33.8 Å². The molecule has 1 aliphatic rings. The first-order valence-corrected chi connectivity index (χ1v) is 11.5. The second kappa shape index (κ2) is 11.1. The summed E-state index contributed by atoms with van der Waals surface area (Å²) in [6, 6.07) is 25.4. The van der Waals surface area contributed by atoms with Gasteiger partial charge < -0.3 is 18.9 Å². The van der Waals surface area contributed by atoms with Crippen molar-refractivity contribution in [1.82, 2.24) is 0 Å². The van der Waals surface area contributed by atoms with Gasteiger partial charge in [0.15, 0.2) is 17.2 Å². The van der Waals surface area contributed by atoms with Crippen molar-refractivity contribution in [2.45, 2.75) is 23.3 Å². The average molecular weight is 525 g/mol. The Kier molecular flexibility index (Phi) is 7.72. The standard InChI is InChI=1S/C26H21BrO7/c27-23-22(34-26(30)19-14-8-3-9-15-19)21(33-25(29)18-12-6-2-7-13-18)20(32-23)16-31-24(28)17-10-4-1-5-11-17/h1-15,20-23H,16H2/t20-,21-,22-,23-/m1/s1. The molecule has 3 aromatic rings. The van der Waals surface area contributed by atoms with Gasteiger partial charge in [0.05, 0.1) is 16.7 Å². The first-order chi connectivity index (χ1) is 16.5. The summed E-state index contributed by atoms with van der Waals surface area (Å²) in [7, 11) is 0. The molecule has 174 valence electrons. The number of ether oxygens (including phenoxy) is 4. The monoisotopic (exact) mass is 524 g/mol. The van der Waals surface area contributed by atoms with Gasteiger partial charge in [-0.15, -0.1) is 0 Å². The lowest BCUT2D eigenvalue weighted by Crippen LogP contribution is -2.41. The molecule has 1 fully saturated rings. The zero-order chi connectivity index (χ0) is 23.9. The molecular weight excluding hydrogens is 504 g/mol. The van der Waals surface area contributed by atoms with E-state index in [9.17, 15) is 14.4 Å². The summed E-state index contributed by atoms with van der Waals surface area (Å²) in [5.41, 5.74) is 1.05. The van der Waals surface area contributed by atoms with Crippen molar-refractivity contribution in [3.63, 3.8) is 0 Å². The number of alkyl halides is 1. The van der Waals surface area contributed by atoms with E-state index in [4.69, 9.17) is 18.9 Å². The lowest BCUT2D eigenvalue weighted by Gasteiger charge is -2.23. The van der Waals surface area contributed by atoms with E-state index in [1.807, 2.05) is 0 Å². The van der Waals surface area contributed by atoms with Crippen LogP contribution in [0.5, 0.6) is 0 Å². The van der Waals surface area contributed by atoms with E-state index in [-0.39, 0.29) is 6.61 Å². The minimum Gasteiger partial charge on any atom is -0.459 e. The third-order valence-corrected chi connectivity index (χ3v) is 5.88. The molecule has 0 aliphatic carbocycles. The highest BCUT2D eigenvalue weighted by atomic mass is 79.9. The summed E-state index contributed by atoms with van der Waals surface area (Å²) in [5.74, 6) is -1.76. The summed E-state index contributed by atoms with van der Waals surface area (Å²) in [6.07, 6.45) is -2.85. The van der Waals surface area contributed by atoms with Gasteiger partial charge in [-0.1, -0.05) is 70.5 Å². The lowest BCUT2D eigenvalue weighted by atomic mass is 10.1. The van der Waals surface area contributed by atoms with Gasteiger partial charge in [-0.3, -0.25) is 0 Å². The Morgan fingerprint density at radius 3 is 1.53 bits per heavy atom. The predicted molar refractivity (Wildman–Crippen MR) is 126 cm³/mol. The maximum atomic E-state index is 12.8. The van der Waals surface area contributed by atoms with Crippen LogP contribution in [0.15, 0.2) is 91.0 Å². The summed E-state index contributed by atoms with van der Waals surface area (Å²) < 4.78 is 22.6. The Bertz CT molecular complexity index is 1120. The van der Waals surface area contributed by atoms with Gasteiger partial charge in [-0.2, -0.15) is 0 Å². The van der Waals surface area contributed by atoms with Gasteiger partial charge >= 0.3 is 17.9 Å². The topological polar surface area (TPSA) is 88.1 Å². The van der Waals surface area contributed by atoms with Gasteiger partial charge in [0.1, 0.15) is 12.7 Å². The summed E-state index contributed by atoms with van der Waals surface area (Å²) in [4.78, 5) is 37.8. The van der Waals surface area contributed by atoms with E-state index in [0.29, 0.717) is 16.7 Å². The molecule has 4 atom stereocenters. The fourth-order valence-electron chi connectivity index (χ4n) is 3.43. The van der Waals surface area contributed by atoms with Crippen molar-refractivity contribution in [1.29, 1.82) is 0 Å². The predicted octanol–water partition coefficient (Wildman–Crippen LogP) is 4.41. The SMILES string of the molecule is O=C(OC[C@H]1O[C@@H](Br)[C@H](OC(=O)c2ccccc2)[C@@H]1OC(=O)c1ccccc1)c1ccccc1. The van der Waals surface area contributed by atoms with Gasteiger partial charge in [0.2, 0.25) is 0 Å². The number of hydrogen-bond donors (Lipinski definition) is 0. The number of carbonyl (C=O) groups is 3. The first-order valence-electron chi connectivity index (χ1n) is 10.6. The average Bonchev–Trinajstić information content (AvgIpc) is 3.17. The molecule has 1 saturated heterocycles. The second-order valence-electron chi connectivity index (χ2n) is 7.46. The molecule has 4 rings (SSSR count). The number of benzene rings is 3. The van der Waals surface area contributed by atoms with Crippen LogP contribution in [0.25, 0.3) is 0 Å². The number of esters is 3. The van der Waals surface area contributed by atoms with Crippen LogP contribution in [0.2, 0.25) is 0 Å². The van der Waals surface area contributed by atoms with E-state index in [2.05, 4.69) is 15.9 Å². The molecule has 1 heterocycles. The van der Waals surface area contributed by atoms with Crippen LogP contribution in [0, 0.1) is 0 Å². The summed E-state index contributed by atoms with van der Waals surface area (Å²) in [6.45, 7) is -0.206. The Morgan fingerprint density at radius 1 is 0.647 bits per heavy atom. The molecule has 0 unspecified atom stereocenters. The van der Waals surface area contributed by atoms with E-state index in [1.54, 1.807) is 91.0 Å². The molecule has 0 aromatic heterocycles. The van der Waals surface area contributed by atoms with E-state index in [1.165, 1.54) is 0 Å². The molecule has 0 N–H and O–H groups in total. The Labute approximate surface area is 204 Å². The zero-order valence-corrected chi connectivity index (χ0v) is 19.5. The van der Waals surface area contributed by atoms with Gasteiger partial charge in [0, 0.05) is 0 Å². The highest BCUT2D eigenvalue weighted by Crippen LogP contribution is 2.32. The van der Waals surface area contributed by atoms with Gasteiger partial charge in [-0.05, 0) is 36.4 Å². The quantitative estimate of drug-likeness (QED) is 0.257. The van der Waals surface area contributed by atoms with Crippen LogP contribution in [0.4, 0.5) is 0 Å². The molecule has 8 heteroatoms. The zero-order valence-electron chi connectivity index (χ0n) is 17.9. The van der Waals surface area contributed by atoms with Crippen molar-refractivity contribution in [2.75, 3.05) is 6.61 Å². The first kappa shape index (κ1) is 23.7. The van der Waals surface area contributed by atoms with Gasteiger partial charge in [0.25, 0.3) is 0 Å². The fraction of sp³-hybridized carbons (Fsp3) is 0.192. The van der Waals surface area contributed by atoms with E-state index in [0.717, 1.165) is 0 Å². The maximum absolute atomic E-state index is 12.8. The van der Waals surface area contributed by atoms with Crippen LogP contribution in [-0.4, -0.2) is 47.8 Å². The van der Waals surface area contributed by atoms with Crippen molar-refractivity contribution in [3.8, 4) is 0 Å². The minimum atomic E-state index is -1.02. The smallest absolute Gasteiger partial charge is 0.338 e. The van der Waals surface area contributed by atoms with E-state index < -0.39 is 41.2 Å². The number of halogens is 1. The fourth-order valence-corrected chi connectivity index (χ4v) is 4.11. The Morgan fingerprint density at radius 2 is 1.06 bits per heavy atom. The highest BCUT2D eigenvalue weighted by molar-refractivity contribution is 9.09. The van der Waals surface area contributed by atoms with Crippen molar-refractivity contribution in [3.05, 3.63) is 108 Å². The molecule has 34 heavy (non-hydrogen) atoms. The summed E-state index contributed by atoms with van der Waals surface area (Å²) in [5, 5.41) is -0.783. The van der Waals surface area contributed by atoms with Crippen LogP contribution in [0.1, 0.15) is 31.1 Å². The minimum absolute atomic E-state index is 0.206. The van der Waals surface area contributed by atoms with Crippen molar-refractivity contribution < 1.29 is 33.3 Å². The molecule has 3 aromatic carbocycles. The number of carbonyl (C=O) groups excluding carboxylic acids is 3. The number of hydrogen-bond acceptors (Lipinski definition) is 7. The Hall–Kier alpha value is -3.49. The lowest BCUT2D eigenvalue weighted by molar-refractivity contribution is -0.0435. The molecule has 0 saturated carbocycles. The molecule has 0 bridgehead atoms. The highest BCUT2D eigenvalue weighted by Gasteiger charge is 2.49. The molecule has 0 radical (unpaired) electrons. The molecular formula is C26H21BrO7. The molecule has 1 aliphatic heterocycles. The molecule has 7 nitrogen and oxygen atoms in total. The molecule has 0 spiro atoms. The number of rotatable bonds is 7. The largest absolute Gasteiger partial charge is 0.459 e. The maximum Gasteiger partial charge on any atom is 0.338 e. The van der Waals surface area contributed by atoms with Crippen molar-refractivity contribution in [2.24, 2.45) is 0 Å². The third-order valence-electron chi connectivity index (χ3n) is 5.15.